The normalized spacial score (nSPS) is 11.1. The Kier molecular flexibility index (Phi) is 4.68. The van der Waals surface area contributed by atoms with Gasteiger partial charge in [-0.2, -0.15) is 0 Å². The van der Waals surface area contributed by atoms with Crippen LogP contribution in [-0.4, -0.2) is 16.1 Å². The predicted molar refractivity (Wildman–Crippen MR) is 77.7 cm³/mol. The highest BCUT2D eigenvalue weighted by Crippen LogP contribution is 2.22. The molecular formula is C13H16INO2. The van der Waals surface area contributed by atoms with Gasteiger partial charge in [0.1, 0.15) is 0 Å². The number of rotatable bonds is 3. The Morgan fingerprint density at radius 1 is 1.29 bits per heavy atom. The van der Waals surface area contributed by atoms with Crippen LogP contribution in [0.4, 0.5) is 5.69 Å². The second kappa shape index (κ2) is 5.62. The lowest BCUT2D eigenvalue weighted by Crippen LogP contribution is -2.20. The minimum atomic E-state index is -0.411. The first-order valence-corrected chi connectivity index (χ1v) is 6.88. The van der Waals surface area contributed by atoms with E-state index in [4.69, 9.17) is 0 Å². The number of benzene rings is 1. The number of ketones is 1. The number of hydrogen-bond donors (Lipinski definition) is 1. The summed E-state index contributed by atoms with van der Waals surface area (Å²) in [6, 6.07) is 7.05. The molecule has 92 valence electrons. The first-order valence-electron chi connectivity index (χ1n) is 5.35. The van der Waals surface area contributed by atoms with Crippen LogP contribution in [0.15, 0.2) is 24.3 Å². The molecule has 0 unspecified atom stereocenters. The van der Waals surface area contributed by atoms with E-state index in [0.29, 0.717) is 15.7 Å². The lowest BCUT2D eigenvalue weighted by molar-refractivity contribution is -0.113. The zero-order chi connectivity index (χ0) is 13.1. The topological polar surface area (TPSA) is 46.2 Å². The van der Waals surface area contributed by atoms with Crippen molar-refractivity contribution >= 4 is 40.0 Å². The predicted octanol–water partition coefficient (Wildman–Crippen LogP) is 3.29. The van der Waals surface area contributed by atoms with E-state index in [1.807, 2.05) is 43.4 Å². The molecule has 0 spiro atoms. The largest absolute Gasteiger partial charge is 0.325 e. The molecule has 3 nitrogen and oxygen atoms in total. The zero-order valence-corrected chi connectivity index (χ0v) is 12.4. The van der Waals surface area contributed by atoms with Gasteiger partial charge in [0.2, 0.25) is 5.91 Å². The fourth-order valence-corrected chi connectivity index (χ4v) is 1.56. The number of halogens is 1. The van der Waals surface area contributed by atoms with Gasteiger partial charge in [-0.05, 0) is 12.1 Å². The number of amides is 1. The molecule has 1 rings (SSSR count). The Morgan fingerprint density at radius 2 is 1.94 bits per heavy atom. The summed E-state index contributed by atoms with van der Waals surface area (Å²) in [6.45, 7) is 5.64. The van der Waals surface area contributed by atoms with Gasteiger partial charge in [0, 0.05) is 16.7 Å². The van der Waals surface area contributed by atoms with Crippen LogP contribution in [0.1, 0.15) is 31.1 Å². The number of anilines is 1. The molecule has 17 heavy (non-hydrogen) atoms. The Labute approximate surface area is 115 Å². The summed E-state index contributed by atoms with van der Waals surface area (Å²) in [4.78, 5) is 23.3. The lowest BCUT2D eigenvalue weighted by Gasteiger charge is -2.17. The quantitative estimate of drug-likeness (QED) is 0.519. The highest BCUT2D eigenvalue weighted by Gasteiger charge is 2.22. The molecule has 0 heterocycles. The molecule has 1 aromatic rings. The van der Waals surface area contributed by atoms with Gasteiger partial charge in [-0.3, -0.25) is 9.59 Å². The first kappa shape index (κ1) is 14.2. The zero-order valence-electron chi connectivity index (χ0n) is 10.2. The smallest absolute Gasteiger partial charge is 0.234 e. The fraction of sp³-hybridized carbons (Fsp3) is 0.385. The summed E-state index contributed by atoms with van der Waals surface area (Å²) < 4.78 is 0.398. The van der Waals surface area contributed by atoms with Crippen LogP contribution in [0.25, 0.3) is 0 Å². The van der Waals surface area contributed by atoms with Crippen molar-refractivity contribution < 1.29 is 9.59 Å². The van der Waals surface area contributed by atoms with Crippen molar-refractivity contribution in [2.24, 2.45) is 5.41 Å². The number of Topliss-reactive ketones (excluding diaryl/α,β-unsaturated/α-hetero) is 1. The molecule has 0 aliphatic carbocycles. The van der Waals surface area contributed by atoms with E-state index in [0.717, 1.165) is 0 Å². The molecule has 4 heteroatoms. The summed E-state index contributed by atoms with van der Waals surface area (Å²) in [6.07, 6.45) is 0. The number of carbonyl (C=O) groups is 2. The average Bonchev–Trinajstić information content (AvgIpc) is 2.27. The van der Waals surface area contributed by atoms with Crippen molar-refractivity contribution in [3.05, 3.63) is 29.8 Å². The van der Waals surface area contributed by atoms with E-state index in [-0.39, 0.29) is 11.7 Å². The minimum Gasteiger partial charge on any atom is -0.325 e. The number of nitrogens with one attached hydrogen (secondary N) is 1. The summed E-state index contributed by atoms with van der Waals surface area (Å²) in [5, 5.41) is 2.74. The van der Waals surface area contributed by atoms with Gasteiger partial charge < -0.3 is 5.32 Å². The van der Waals surface area contributed by atoms with E-state index in [1.165, 1.54) is 0 Å². The molecule has 0 aliphatic heterocycles. The van der Waals surface area contributed by atoms with Crippen molar-refractivity contribution in [2.75, 3.05) is 9.74 Å². The van der Waals surface area contributed by atoms with Crippen molar-refractivity contribution in [3.8, 4) is 0 Å². The number of alkyl halides is 1. The molecule has 0 radical (unpaired) electrons. The molecule has 0 atom stereocenters. The maximum atomic E-state index is 12.1. The minimum absolute atomic E-state index is 0.0639. The van der Waals surface area contributed by atoms with Crippen molar-refractivity contribution in [3.63, 3.8) is 0 Å². The third kappa shape index (κ3) is 4.11. The number of hydrogen-bond acceptors (Lipinski definition) is 2. The lowest BCUT2D eigenvalue weighted by atomic mass is 9.86. The van der Waals surface area contributed by atoms with Crippen LogP contribution in [0.2, 0.25) is 0 Å². The third-order valence-corrected chi connectivity index (χ3v) is 2.90. The van der Waals surface area contributed by atoms with Crippen molar-refractivity contribution in [1.29, 1.82) is 0 Å². The van der Waals surface area contributed by atoms with E-state index in [9.17, 15) is 9.59 Å². The molecule has 1 aromatic carbocycles. The standard InChI is InChI=1S/C13H16INO2/c1-13(2,3)12(17)9-5-4-6-10(7-9)15-11(16)8-14/h4-7H,8H2,1-3H3,(H,15,16). The molecule has 1 amide bonds. The van der Waals surface area contributed by atoms with Crippen LogP contribution in [-0.2, 0) is 4.79 Å². The molecule has 0 fully saturated rings. The summed E-state index contributed by atoms with van der Waals surface area (Å²) >= 11 is 2.00. The first-order chi connectivity index (χ1) is 7.84. The molecule has 0 aliphatic rings. The van der Waals surface area contributed by atoms with Gasteiger partial charge in [0.25, 0.3) is 0 Å². The molecule has 0 bridgehead atoms. The Hall–Kier alpha value is -0.910. The van der Waals surface area contributed by atoms with E-state index >= 15 is 0 Å². The van der Waals surface area contributed by atoms with E-state index in [2.05, 4.69) is 5.32 Å². The fourth-order valence-electron chi connectivity index (χ4n) is 1.37. The van der Waals surface area contributed by atoms with Gasteiger partial charge in [-0.15, -0.1) is 0 Å². The third-order valence-electron chi connectivity index (χ3n) is 2.21. The molecule has 0 saturated carbocycles. The second-order valence-electron chi connectivity index (χ2n) is 4.84. The average molecular weight is 345 g/mol. The van der Waals surface area contributed by atoms with Crippen LogP contribution < -0.4 is 5.32 Å². The SMILES string of the molecule is CC(C)(C)C(=O)c1cccc(NC(=O)CI)c1. The van der Waals surface area contributed by atoms with E-state index in [1.54, 1.807) is 24.3 Å². The highest BCUT2D eigenvalue weighted by atomic mass is 127. The van der Waals surface area contributed by atoms with Crippen LogP contribution in [0.3, 0.4) is 0 Å². The van der Waals surface area contributed by atoms with Crippen LogP contribution in [0, 0.1) is 5.41 Å². The van der Waals surface area contributed by atoms with Crippen molar-refractivity contribution in [1.82, 2.24) is 0 Å². The van der Waals surface area contributed by atoms with Crippen LogP contribution >= 0.6 is 22.6 Å². The van der Waals surface area contributed by atoms with Gasteiger partial charge in [-0.25, -0.2) is 0 Å². The van der Waals surface area contributed by atoms with Crippen LogP contribution in [0.5, 0.6) is 0 Å². The highest BCUT2D eigenvalue weighted by molar-refractivity contribution is 14.1. The summed E-state index contributed by atoms with van der Waals surface area (Å²) in [7, 11) is 0. The van der Waals surface area contributed by atoms with Gasteiger partial charge in [0.15, 0.2) is 5.78 Å². The molecule has 0 saturated heterocycles. The van der Waals surface area contributed by atoms with Gasteiger partial charge in [-0.1, -0.05) is 55.5 Å². The maximum Gasteiger partial charge on any atom is 0.234 e. The summed E-state index contributed by atoms with van der Waals surface area (Å²) in [5.74, 6) is 0.00836. The Bertz CT molecular complexity index is 435. The van der Waals surface area contributed by atoms with E-state index < -0.39 is 5.41 Å². The Morgan fingerprint density at radius 3 is 2.47 bits per heavy atom. The molecular weight excluding hydrogens is 329 g/mol. The summed E-state index contributed by atoms with van der Waals surface area (Å²) in [5.41, 5.74) is 0.886. The monoisotopic (exact) mass is 345 g/mol. The molecule has 1 N–H and O–H groups in total. The van der Waals surface area contributed by atoms with Crippen molar-refractivity contribution in [2.45, 2.75) is 20.8 Å². The molecule has 0 aromatic heterocycles. The number of carbonyl (C=O) groups excluding carboxylic acids is 2. The van der Waals surface area contributed by atoms with Gasteiger partial charge >= 0.3 is 0 Å². The Balaban J connectivity index is 2.94. The second-order valence-corrected chi connectivity index (χ2v) is 5.60. The van der Waals surface area contributed by atoms with Gasteiger partial charge in [0.05, 0.1) is 4.43 Å². The maximum absolute atomic E-state index is 12.1.